The average molecular weight is 365 g/mol. The number of benzene rings is 1. The van der Waals surface area contributed by atoms with Crippen LogP contribution in [0.4, 0.5) is 4.79 Å². The highest BCUT2D eigenvalue weighted by Crippen LogP contribution is 2.38. The van der Waals surface area contributed by atoms with E-state index in [9.17, 15) is 9.59 Å². The van der Waals surface area contributed by atoms with Gasteiger partial charge in [0.05, 0.1) is 26.2 Å². The van der Waals surface area contributed by atoms with E-state index >= 15 is 0 Å². The predicted octanol–water partition coefficient (Wildman–Crippen LogP) is 3.94. The van der Waals surface area contributed by atoms with Crippen molar-refractivity contribution in [2.75, 3.05) is 27.9 Å². The number of ether oxygens (including phenoxy) is 3. The summed E-state index contributed by atoms with van der Waals surface area (Å²) in [5, 5.41) is -0.230. The fraction of sp³-hybridized carbons (Fsp3) is 0.444. The van der Waals surface area contributed by atoms with Crippen LogP contribution < -0.4 is 14.2 Å². The van der Waals surface area contributed by atoms with Gasteiger partial charge in [0.25, 0.3) is 11.1 Å². The van der Waals surface area contributed by atoms with Crippen LogP contribution in [0.2, 0.25) is 0 Å². The highest BCUT2D eigenvalue weighted by atomic mass is 32.2. The maximum atomic E-state index is 12.5. The van der Waals surface area contributed by atoms with Gasteiger partial charge in [-0.3, -0.25) is 14.5 Å². The molecule has 1 heterocycles. The summed E-state index contributed by atoms with van der Waals surface area (Å²) in [6.07, 6.45) is 4.51. The number of nitrogens with zero attached hydrogens (tertiary/aromatic N) is 1. The molecule has 0 N–H and O–H groups in total. The third kappa shape index (κ3) is 4.28. The molecule has 0 bridgehead atoms. The molecule has 0 saturated carbocycles. The second kappa shape index (κ2) is 8.80. The van der Waals surface area contributed by atoms with Crippen molar-refractivity contribution in [1.29, 1.82) is 0 Å². The van der Waals surface area contributed by atoms with Crippen LogP contribution in [-0.4, -0.2) is 43.9 Å². The molecule has 1 saturated heterocycles. The number of methoxy groups -OCH3 is 3. The van der Waals surface area contributed by atoms with Gasteiger partial charge in [0.2, 0.25) is 0 Å². The van der Waals surface area contributed by atoms with Crippen LogP contribution in [0.3, 0.4) is 0 Å². The standard InChI is InChI=1S/C18H23NO5S/c1-5-6-7-8-19-17(20)16(25-18(19)21)10-12-9-14(23-3)15(24-4)11-13(12)22-2/h9-11H,5-8H2,1-4H3/b16-10-. The number of carbonyl (C=O) groups is 2. The van der Waals surface area contributed by atoms with Crippen molar-refractivity contribution < 1.29 is 23.8 Å². The van der Waals surface area contributed by atoms with Crippen molar-refractivity contribution >= 4 is 29.0 Å². The SMILES string of the molecule is CCCCCN1C(=O)S/C(=C\c2cc(OC)c(OC)cc2OC)C1=O. The van der Waals surface area contributed by atoms with E-state index in [0.29, 0.717) is 34.3 Å². The van der Waals surface area contributed by atoms with Gasteiger partial charge < -0.3 is 14.2 Å². The summed E-state index contributed by atoms with van der Waals surface area (Å²) in [5.74, 6) is 1.33. The van der Waals surface area contributed by atoms with Gasteiger partial charge in [-0.05, 0) is 30.3 Å². The zero-order valence-electron chi connectivity index (χ0n) is 15.0. The molecule has 136 valence electrons. The van der Waals surface area contributed by atoms with Crippen LogP contribution in [0.25, 0.3) is 6.08 Å². The van der Waals surface area contributed by atoms with Crippen LogP contribution in [-0.2, 0) is 4.79 Å². The predicted molar refractivity (Wildman–Crippen MR) is 98.3 cm³/mol. The molecule has 0 spiro atoms. The van der Waals surface area contributed by atoms with Crippen molar-refractivity contribution in [3.05, 3.63) is 22.6 Å². The Hall–Kier alpha value is -2.15. The average Bonchev–Trinajstić information content (AvgIpc) is 2.88. The first-order valence-corrected chi connectivity index (χ1v) is 8.92. The Kier molecular flexibility index (Phi) is 6.75. The zero-order chi connectivity index (χ0) is 18.4. The molecular weight excluding hydrogens is 342 g/mol. The number of hydrogen-bond acceptors (Lipinski definition) is 6. The van der Waals surface area contributed by atoms with Gasteiger partial charge >= 0.3 is 0 Å². The van der Waals surface area contributed by atoms with Gasteiger partial charge in [-0.2, -0.15) is 0 Å². The fourth-order valence-corrected chi connectivity index (χ4v) is 3.38. The van der Waals surface area contributed by atoms with Crippen molar-refractivity contribution in [2.45, 2.75) is 26.2 Å². The minimum atomic E-state index is -0.261. The van der Waals surface area contributed by atoms with E-state index in [1.54, 1.807) is 25.3 Å². The van der Waals surface area contributed by atoms with Gasteiger partial charge in [-0.1, -0.05) is 19.8 Å². The maximum absolute atomic E-state index is 12.5. The maximum Gasteiger partial charge on any atom is 0.293 e. The Balaban J connectivity index is 2.30. The molecule has 0 radical (unpaired) electrons. The van der Waals surface area contributed by atoms with Gasteiger partial charge in [-0.25, -0.2) is 0 Å². The lowest BCUT2D eigenvalue weighted by molar-refractivity contribution is -0.122. The van der Waals surface area contributed by atoms with Gasteiger partial charge in [0, 0.05) is 18.2 Å². The van der Waals surface area contributed by atoms with Crippen molar-refractivity contribution in [2.24, 2.45) is 0 Å². The number of thioether (sulfide) groups is 1. The third-order valence-corrected chi connectivity index (χ3v) is 4.79. The number of amides is 2. The van der Waals surface area contributed by atoms with E-state index in [2.05, 4.69) is 6.92 Å². The highest BCUT2D eigenvalue weighted by Gasteiger charge is 2.34. The first-order valence-electron chi connectivity index (χ1n) is 8.11. The molecule has 25 heavy (non-hydrogen) atoms. The minimum Gasteiger partial charge on any atom is -0.496 e. The molecule has 0 unspecified atom stereocenters. The Morgan fingerprint density at radius 1 is 1.00 bits per heavy atom. The number of carbonyl (C=O) groups excluding carboxylic acids is 2. The van der Waals surface area contributed by atoms with Gasteiger partial charge in [0.1, 0.15) is 5.75 Å². The van der Waals surface area contributed by atoms with Crippen molar-refractivity contribution in [3.63, 3.8) is 0 Å². The first kappa shape index (κ1) is 19.2. The van der Waals surface area contributed by atoms with E-state index in [0.717, 1.165) is 31.0 Å². The first-order chi connectivity index (χ1) is 12.0. The molecule has 2 amide bonds. The zero-order valence-corrected chi connectivity index (χ0v) is 15.8. The molecule has 7 heteroatoms. The van der Waals surface area contributed by atoms with Crippen LogP contribution in [0.1, 0.15) is 31.7 Å². The van der Waals surface area contributed by atoms with Gasteiger partial charge in [0.15, 0.2) is 11.5 Å². The van der Waals surface area contributed by atoms with Crippen LogP contribution >= 0.6 is 11.8 Å². The van der Waals surface area contributed by atoms with Crippen LogP contribution in [0, 0.1) is 0 Å². The number of hydrogen-bond donors (Lipinski definition) is 0. The summed E-state index contributed by atoms with van der Waals surface area (Å²) in [5.41, 5.74) is 0.652. The van der Waals surface area contributed by atoms with E-state index in [1.165, 1.54) is 19.1 Å². The lowest BCUT2D eigenvalue weighted by Gasteiger charge is -2.13. The van der Waals surface area contributed by atoms with Crippen molar-refractivity contribution in [1.82, 2.24) is 4.90 Å². The molecule has 0 aliphatic carbocycles. The summed E-state index contributed by atoms with van der Waals surface area (Å²) in [7, 11) is 4.61. The summed E-state index contributed by atoms with van der Waals surface area (Å²) in [6.45, 7) is 2.54. The number of rotatable bonds is 8. The highest BCUT2D eigenvalue weighted by molar-refractivity contribution is 8.18. The second-order valence-electron chi connectivity index (χ2n) is 5.49. The minimum absolute atomic E-state index is 0.230. The van der Waals surface area contributed by atoms with Crippen LogP contribution in [0.15, 0.2) is 17.0 Å². The second-order valence-corrected chi connectivity index (χ2v) is 6.48. The van der Waals surface area contributed by atoms with Crippen molar-refractivity contribution in [3.8, 4) is 17.2 Å². The normalized spacial score (nSPS) is 15.8. The molecule has 1 aliphatic heterocycles. The summed E-state index contributed by atoms with van der Waals surface area (Å²) in [4.78, 5) is 26.3. The molecule has 1 aromatic rings. The quantitative estimate of drug-likeness (QED) is 0.514. The Morgan fingerprint density at radius 2 is 1.64 bits per heavy atom. The molecule has 1 aromatic carbocycles. The number of imide groups is 1. The van der Waals surface area contributed by atoms with E-state index < -0.39 is 0 Å². The largest absolute Gasteiger partial charge is 0.496 e. The van der Waals surface area contributed by atoms with Crippen LogP contribution in [0.5, 0.6) is 17.2 Å². The third-order valence-electron chi connectivity index (χ3n) is 3.88. The summed E-state index contributed by atoms with van der Waals surface area (Å²) in [6, 6.07) is 3.42. The Bertz CT molecular complexity index is 686. The summed E-state index contributed by atoms with van der Waals surface area (Å²) < 4.78 is 15.9. The molecule has 1 fully saturated rings. The molecular formula is C18H23NO5S. The lowest BCUT2D eigenvalue weighted by Crippen LogP contribution is -2.29. The molecule has 0 aromatic heterocycles. The fourth-order valence-electron chi connectivity index (χ4n) is 2.52. The topological polar surface area (TPSA) is 65.1 Å². The van der Waals surface area contributed by atoms with E-state index in [4.69, 9.17) is 14.2 Å². The lowest BCUT2D eigenvalue weighted by atomic mass is 10.1. The van der Waals surface area contributed by atoms with E-state index in [-0.39, 0.29) is 11.1 Å². The molecule has 2 rings (SSSR count). The Morgan fingerprint density at radius 3 is 2.24 bits per heavy atom. The summed E-state index contributed by atoms with van der Waals surface area (Å²) >= 11 is 0.948. The van der Waals surface area contributed by atoms with Gasteiger partial charge in [-0.15, -0.1) is 0 Å². The molecule has 1 aliphatic rings. The monoisotopic (exact) mass is 365 g/mol. The van der Waals surface area contributed by atoms with E-state index in [1.807, 2.05) is 0 Å². The molecule has 6 nitrogen and oxygen atoms in total. The molecule has 0 atom stereocenters. The Labute approximate surface area is 152 Å². The number of unbranched alkanes of at least 4 members (excludes halogenated alkanes) is 2. The smallest absolute Gasteiger partial charge is 0.293 e.